The van der Waals surface area contributed by atoms with Gasteiger partial charge in [0.2, 0.25) is 5.91 Å². The molecule has 1 rings (SSSR count). The third-order valence-corrected chi connectivity index (χ3v) is 3.95. The number of rotatable bonds is 10. The first-order valence-electron chi connectivity index (χ1n) is 8.48. The topological polar surface area (TPSA) is 46.6 Å². The number of benzene rings is 1. The van der Waals surface area contributed by atoms with Crippen molar-refractivity contribution >= 4 is 11.9 Å². The van der Waals surface area contributed by atoms with E-state index in [4.69, 9.17) is 4.74 Å². The van der Waals surface area contributed by atoms with Crippen LogP contribution in [-0.2, 0) is 20.7 Å². The number of ether oxygens (including phenoxy) is 1. The van der Waals surface area contributed by atoms with Crippen molar-refractivity contribution in [1.82, 2.24) is 4.90 Å². The summed E-state index contributed by atoms with van der Waals surface area (Å²) in [5.74, 6) is -0.440. The molecule has 1 atom stereocenters. The molecular formula is C19H29NO3. The van der Waals surface area contributed by atoms with Crippen LogP contribution in [0.15, 0.2) is 30.3 Å². The van der Waals surface area contributed by atoms with Crippen molar-refractivity contribution in [3.63, 3.8) is 0 Å². The Morgan fingerprint density at radius 3 is 2.48 bits per heavy atom. The van der Waals surface area contributed by atoms with E-state index in [2.05, 4.69) is 6.92 Å². The van der Waals surface area contributed by atoms with E-state index in [1.54, 1.807) is 0 Å². The molecule has 0 fully saturated rings. The summed E-state index contributed by atoms with van der Waals surface area (Å²) >= 11 is 0. The Hall–Kier alpha value is -1.84. The number of aryl methyl sites for hydroxylation is 1. The highest BCUT2D eigenvalue weighted by molar-refractivity contribution is 5.78. The molecule has 1 amide bonds. The summed E-state index contributed by atoms with van der Waals surface area (Å²) in [5, 5.41) is 0. The molecule has 1 aromatic carbocycles. The molecule has 1 aromatic rings. The van der Waals surface area contributed by atoms with Crippen molar-refractivity contribution in [3.8, 4) is 0 Å². The molecule has 0 saturated carbocycles. The van der Waals surface area contributed by atoms with Crippen molar-refractivity contribution in [1.29, 1.82) is 0 Å². The largest absolute Gasteiger partial charge is 0.469 e. The number of methoxy groups -OCH3 is 1. The van der Waals surface area contributed by atoms with Crippen molar-refractivity contribution < 1.29 is 14.3 Å². The van der Waals surface area contributed by atoms with Gasteiger partial charge in [-0.3, -0.25) is 9.59 Å². The Labute approximate surface area is 139 Å². The van der Waals surface area contributed by atoms with Crippen molar-refractivity contribution in [3.05, 3.63) is 35.9 Å². The monoisotopic (exact) mass is 319 g/mol. The maximum absolute atomic E-state index is 12.5. The summed E-state index contributed by atoms with van der Waals surface area (Å²) in [6.45, 7) is 5.09. The lowest BCUT2D eigenvalue weighted by Gasteiger charge is -2.25. The van der Waals surface area contributed by atoms with Gasteiger partial charge in [-0.2, -0.15) is 0 Å². The minimum atomic E-state index is -0.290. The lowest BCUT2D eigenvalue weighted by molar-refractivity contribution is -0.146. The second kappa shape index (κ2) is 10.8. The Kier molecular flexibility index (Phi) is 9.03. The number of carbonyl (C=O) groups excluding carboxylic acids is 2. The minimum absolute atomic E-state index is 0.112. The molecule has 23 heavy (non-hydrogen) atoms. The van der Waals surface area contributed by atoms with Crippen LogP contribution in [0.2, 0.25) is 0 Å². The third kappa shape index (κ3) is 7.31. The van der Waals surface area contributed by atoms with E-state index in [9.17, 15) is 9.59 Å². The highest BCUT2D eigenvalue weighted by Crippen LogP contribution is 2.10. The first kappa shape index (κ1) is 19.2. The summed E-state index contributed by atoms with van der Waals surface area (Å²) in [6, 6.07) is 10.0. The minimum Gasteiger partial charge on any atom is -0.469 e. The molecule has 128 valence electrons. The van der Waals surface area contributed by atoms with Gasteiger partial charge in [0.25, 0.3) is 0 Å². The molecule has 0 N–H and O–H groups in total. The average molecular weight is 319 g/mol. The fraction of sp³-hybridized carbons (Fsp3) is 0.579. The Morgan fingerprint density at radius 1 is 1.17 bits per heavy atom. The molecular weight excluding hydrogens is 290 g/mol. The van der Waals surface area contributed by atoms with E-state index >= 15 is 0 Å². The maximum Gasteiger partial charge on any atom is 0.310 e. The summed E-state index contributed by atoms with van der Waals surface area (Å²) in [6.07, 6.45) is 4.38. The highest BCUT2D eigenvalue weighted by atomic mass is 16.5. The molecule has 0 aliphatic rings. The van der Waals surface area contributed by atoms with Crippen LogP contribution in [-0.4, -0.2) is 37.0 Å². The standard InChI is InChI=1S/C19H29NO3/c1-4-5-9-14-20(15-16(2)19(22)23-3)18(21)13-12-17-10-7-6-8-11-17/h6-8,10-11,16H,4-5,9,12-15H2,1-3H3. The van der Waals surface area contributed by atoms with Crippen molar-refractivity contribution in [2.75, 3.05) is 20.2 Å². The first-order chi connectivity index (χ1) is 11.1. The SMILES string of the molecule is CCCCCN(CC(C)C(=O)OC)C(=O)CCc1ccccc1. The molecule has 0 bridgehead atoms. The van der Waals surface area contributed by atoms with Crippen LogP contribution in [0.3, 0.4) is 0 Å². The van der Waals surface area contributed by atoms with Gasteiger partial charge in [-0.25, -0.2) is 0 Å². The van der Waals surface area contributed by atoms with Gasteiger partial charge < -0.3 is 9.64 Å². The predicted molar refractivity (Wildman–Crippen MR) is 92.0 cm³/mol. The molecule has 4 heteroatoms. The van der Waals surface area contributed by atoms with Crippen molar-refractivity contribution in [2.24, 2.45) is 5.92 Å². The van der Waals surface area contributed by atoms with Crippen LogP contribution in [0.25, 0.3) is 0 Å². The fourth-order valence-electron chi connectivity index (χ4n) is 2.53. The number of carbonyl (C=O) groups is 2. The highest BCUT2D eigenvalue weighted by Gasteiger charge is 2.21. The number of amides is 1. The Bertz CT molecular complexity index is 473. The number of hydrogen-bond donors (Lipinski definition) is 0. The summed E-state index contributed by atoms with van der Waals surface area (Å²) in [5.41, 5.74) is 1.16. The molecule has 0 aliphatic carbocycles. The number of hydrogen-bond acceptors (Lipinski definition) is 3. The molecule has 0 radical (unpaired) electrons. The second-order valence-electron chi connectivity index (χ2n) is 5.96. The molecule has 4 nitrogen and oxygen atoms in total. The van der Waals surface area contributed by atoms with Gasteiger partial charge in [0.15, 0.2) is 0 Å². The molecule has 0 aliphatic heterocycles. The smallest absolute Gasteiger partial charge is 0.310 e. The van der Waals surface area contributed by atoms with E-state index in [0.717, 1.165) is 31.2 Å². The number of nitrogens with zero attached hydrogens (tertiary/aromatic N) is 1. The van der Waals surface area contributed by atoms with Crippen LogP contribution in [0.1, 0.15) is 45.1 Å². The normalized spacial score (nSPS) is 11.8. The summed E-state index contributed by atoms with van der Waals surface area (Å²) < 4.78 is 4.77. The molecule has 1 unspecified atom stereocenters. The van der Waals surface area contributed by atoms with Gasteiger partial charge in [0.1, 0.15) is 0 Å². The third-order valence-electron chi connectivity index (χ3n) is 3.95. The van der Waals surface area contributed by atoms with Crippen LogP contribution >= 0.6 is 0 Å². The van der Waals surface area contributed by atoms with Crippen LogP contribution in [0.5, 0.6) is 0 Å². The van der Waals surface area contributed by atoms with Gasteiger partial charge >= 0.3 is 5.97 Å². The zero-order valence-corrected chi connectivity index (χ0v) is 14.6. The van der Waals surface area contributed by atoms with E-state index < -0.39 is 0 Å². The van der Waals surface area contributed by atoms with Crippen molar-refractivity contribution in [2.45, 2.75) is 46.0 Å². The van der Waals surface area contributed by atoms with Gasteiger partial charge in [-0.05, 0) is 18.4 Å². The van der Waals surface area contributed by atoms with E-state index in [1.807, 2.05) is 42.2 Å². The molecule has 0 spiro atoms. The Balaban J connectivity index is 2.58. The maximum atomic E-state index is 12.5. The lowest BCUT2D eigenvalue weighted by atomic mass is 10.1. The first-order valence-corrected chi connectivity index (χ1v) is 8.48. The van der Waals surface area contributed by atoms with E-state index in [-0.39, 0.29) is 17.8 Å². The molecule has 0 saturated heterocycles. The van der Waals surface area contributed by atoms with Crippen LogP contribution in [0, 0.1) is 5.92 Å². The zero-order chi connectivity index (χ0) is 17.1. The van der Waals surface area contributed by atoms with Gasteiger partial charge in [0, 0.05) is 19.5 Å². The summed E-state index contributed by atoms with van der Waals surface area (Å²) in [7, 11) is 1.39. The van der Waals surface area contributed by atoms with Gasteiger partial charge in [0.05, 0.1) is 13.0 Å². The molecule has 0 aromatic heterocycles. The predicted octanol–water partition coefficient (Wildman–Crippen LogP) is 3.45. The average Bonchev–Trinajstić information content (AvgIpc) is 2.58. The van der Waals surface area contributed by atoms with Crippen LogP contribution in [0.4, 0.5) is 0 Å². The quantitative estimate of drug-likeness (QED) is 0.490. The fourth-order valence-corrected chi connectivity index (χ4v) is 2.53. The van der Waals surface area contributed by atoms with Gasteiger partial charge in [-0.1, -0.05) is 57.0 Å². The van der Waals surface area contributed by atoms with Gasteiger partial charge in [-0.15, -0.1) is 0 Å². The van der Waals surface area contributed by atoms with E-state index in [0.29, 0.717) is 19.5 Å². The zero-order valence-electron chi connectivity index (χ0n) is 14.6. The molecule has 0 heterocycles. The Morgan fingerprint density at radius 2 is 1.87 bits per heavy atom. The summed E-state index contributed by atoms with van der Waals surface area (Å²) in [4.78, 5) is 26.0. The lowest BCUT2D eigenvalue weighted by Crippen LogP contribution is -2.38. The second-order valence-corrected chi connectivity index (χ2v) is 5.96. The van der Waals surface area contributed by atoms with E-state index in [1.165, 1.54) is 7.11 Å². The van der Waals surface area contributed by atoms with Crippen LogP contribution < -0.4 is 0 Å². The number of esters is 1. The number of unbranched alkanes of at least 4 members (excludes halogenated alkanes) is 2.